The van der Waals surface area contributed by atoms with Gasteiger partial charge in [-0.2, -0.15) is 16.8 Å². The van der Waals surface area contributed by atoms with Crippen LogP contribution in [-0.4, -0.2) is 25.9 Å². The summed E-state index contributed by atoms with van der Waals surface area (Å²) in [6.45, 7) is 4.76. The maximum atomic E-state index is 11.2. The molecule has 19 heavy (non-hydrogen) atoms. The van der Waals surface area contributed by atoms with Crippen molar-refractivity contribution in [3.63, 3.8) is 0 Å². The molecule has 1 aromatic carbocycles. The van der Waals surface area contributed by atoms with Gasteiger partial charge in [-0.15, -0.1) is 0 Å². The van der Waals surface area contributed by atoms with Crippen LogP contribution in [0.25, 0.3) is 11.0 Å². The fourth-order valence-corrected chi connectivity index (χ4v) is 3.11. The Morgan fingerprint density at radius 2 is 1.79 bits per heavy atom. The zero-order valence-corrected chi connectivity index (χ0v) is 11.6. The lowest BCUT2D eigenvalue weighted by Gasteiger charge is -2.11. The third-order valence-corrected chi connectivity index (χ3v) is 4.28. The van der Waals surface area contributed by atoms with Crippen LogP contribution in [0.15, 0.2) is 35.7 Å². The summed E-state index contributed by atoms with van der Waals surface area (Å²) in [6, 6.07) is 3.65. The van der Waals surface area contributed by atoms with Crippen molar-refractivity contribution in [3.05, 3.63) is 42.0 Å². The molecule has 8 heteroatoms. The zero-order valence-electron chi connectivity index (χ0n) is 9.94. The molecule has 0 bridgehead atoms. The van der Waals surface area contributed by atoms with Crippen LogP contribution in [0, 0.1) is 0 Å². The van der Waals surface area contributed by atoms with Gasteiger partial charge in [0, 0.05) is 11.1 Å². The minimum absolute atomic E-state index is 0.0601. The fourth-order valence-electron chi connectivity index (χ4n) is 1.64. The third kappa shape index (κ3) is 3.29. The average Bonchev–Trinajstić information content (AvgIpc) is 2.26. The molecule has 1 rings (SSSR count). The van der Waals surface area contributed by atoms with Gasteiger partial charge in [-0.1, -0.05) is 30.9 Å². The van der Waals surface area contributed by atoms with Gasteiger partial charge < -0.3 is 0 Å². The molecule has 0 aromatic heterocycles. The van der Waals surface area contributed by atoms with Gasteiger partial charge in [-0.3, -0.25) is 9.11 Å². The van der Waals surface area contributed by atoms with Crippen molar-refractivity contribution < 1.29 is 25.9 Å². The number of hydrogen-bond donors (Lipinski definition) is 2. The number of allylic oxidation sites excluding steroid dienone is 1. The second kappa shape index (κ2) is 5.25. The number of rotatable bonds is 4. The molecule has 0 unspecified atom stereocenters. The summed E-state index contributed by atoms with van der Waals surface area (Å²) in [5.74, 6) is 0. The Morgan fingerprint density at radius 3 is 2.16 bits per heavy atom. The summed E-state index contributed by atoms with van der Waals surface area (Å²) < 4.78 is 63.0. The van der Waals surface area contributed by atoms with Gasteiger partial charge >= 0.3 is 0 Å². The number of benzene rings is 1. The second-order valence-corrected chi connectivity index (χ2v) is 6.30. The Morgan fingerprint density at radius 1 is 1.21 bits per heavy atom. The standard InChI is InChI=1S/C11H12O6S2/c1-3-8-9(10(4-2)18(12,13)14)6-5-7-11(8)19(15,16)17/h3-7H,1H2,2H3,(H,12,13,14)(H,15,16,17). The van der Waals surface area contributed by atoms with Gasteiger partial charge in [0.15, 0.2) is 0 Å². The lowest BCUT2D eigenvalue weighted by Crippen LogP contribution is -2.07. The largest absolute Gasteiger partial charge is 0.295 e. The first-order valence-electron chi connectivity index (χ1n) is 5.00. The van der Waals surface area contributed by atoms with Crippen molar-refractivity contribution in [1.82, 2.24) is 0 Å². The molecule has 0 saturated carbocycles. The molecule has 0 aliphatic heterocycles. The molecule has 0 heterocycles. The van der Waals surface area contributed by atoms with Gasteiger partial charge in [0.1, 0.15) is 4.90 Å². The van der Waals surface area contributed by atoms with Crippen LogP contribution in [0.2, 0.25) is 0 Å². The Bertz CT molecular complexity index is 741. The smallest absolute Gasteiger partial charge is 0.282 e. The van der Waals surface area contributed by atoms with E-state index in [-0.39, 0.29) is 11.1 Å². The zero-order chi connectivity index (χ0) is 14.8. The Hall–Kier alpha value is -1.48. The van der Waals surface area contributed by atoms with Crippen LogP contribution in [-0.2, 0) is 20.2 Å². The molecular formula is C11H12O6S2. The van der Waals surface area contributed by atoms with E-state index in [4.69, 9.17) is 9.11 Å². The molecule has 0 spiro atoms. The summed E-state index contributed by atoms with van der Waals surface area (Å²) in [6.07, 6.45) is 2.21. The molecule has 104 valence electrons. The highest BCUT2D eigenvalue weighted by Gasteiger charge is 2.22. The molecule has 1 aromatic rings. The molecule has 0 amide bonds. The molecule has 0 aliphatic carbocycles. The molecule has 2 N–H and O–H groups in total. The van der Waals surface area contributed by atoms with Gasteiger partial charge in [0.25, 0.3) is 20.2 Å². The molecule has 6 nitrogen and oxygen atoms in total. The van der Waals surface area contributed by atoms with Crippen LogP contribution in [0.1, 0.15) is 18.1 Å². The van der Waals surface area contributed by atoms with Crippen LogP contribution in [0.3, 0.4) is 0 Å². The van der Waals surface area contributed by atoms with E-state index < -0.39 is 30.0 Å². The SMILES string of the molecule is C=Cc1c(C(=CC)S(=O)(=O)O)cccc1S(=O)(=O)O. The van der Waals surface area contributed by atoms with Crippen molar-refractivity contribution in [2.45, 2.75) is 11.8 Å². The summed E-state index contributed by atoms with van der Waals surface area (Å²) in [5, 5.41) is 0. The van der Waals surface area contributed by atoms with Crippen LogP contribution >= 0.6 is 0 Å². The molecule has 0 atom stereocenters. The fraction of sp³-hybridized carbons (Fsp3) is 0.0909. The van der Waals surface area contributed by atoms with E-state index in [1.165, 1.54) is 19.1 Å². The molecule has 0 aliphatic rings. The lowest BCUT2D eigenvalue weighted by molar-refractivity contribution is 0.482. The average molecular weight is 304 g/mol. The lowest BCUT2D eigenvalue weighted by atomic mass is 10.1. The summed E-state index contributed by atoms with van der Waals surface area (Å²) in [5.41, 5.74) is -0.161. The van der Waals surface area contributed by atoms with Gasteiger partial charge in [-0.25, -0.2) is 0 Å². The van der Waals surface area contributed by atoms with Crippen LogP contribution in [0.4, 0.5) is 0 Å². The van der Waals surface area contributed by atoms with E-state index in [9.17, 15) is 16.8 Å². The molecule has 0 radical (unpaired) electrons. The quantitative estimate of drug-likeness (QED) is 0.821. The van der Waals surface area contributed by atoms with E-state index in [1.807, 2.05) is 0 Å². The van der Waals surface area contributed by atoms with Crippen LogP contribution in [0.5, 0.6) is 0 Å². The van der Waals surface area contributed by atoms with Gasteiger partial charge in [0.2, 0.25) is 0 Å². The number of hydrogen-bond acceptors (Lipinski definition) is 4. The topological polar surface area (TPSA) is 109 Å². The van der Waals surface area contributed by atoms with E-state index in [0.29, 0.717) is 0 Å². The summed E-state index contributed by atoms with van der Waals surface area (Å²) >= 11 is 0. The van der Waals surface area contributed by atoms with Crippen molar-refractivity contribution in [3.8, 4) is 0 Å². The third-order valence-electron chi connectivity index (χ3n) is 2.35. The molecule has 0 saturated heterocycles. The maximum absolute atomic E-state index is 11.2. The highest BCUT2D eigenvalue weighted by Crippen LogP contribution is 2.29. The first-order chi connectivity index (χ1) is 8.62. The van der Waals surface area contributed by atoms with Gasteiger partial charge in [-0.05, 0) is 13.0 Å². The maximum Gasteiger partial charge on any atom is 0.295 e. The van der Waals surface area contributed by atoms with E-state index >= 15 is 0 Å². The van der Waals surface area contributed by atoms with E-state index in [0.717, 1.165) is 18.2 Å². The van der Waals surface area contributed by atoms with Gasteiger partial charge in [0.05, 0.1) is 4.91 Å². The highest BCUT2D eigenvalue weighted by atomic mass is 32.2. The second-order valence-electron chi connectivity index (χ2n) is 3.52. The minimum Gasteiger partial charge on any atom is -0.282 e. The Kier molecular flexibility index (Phi) is 4.31. The first kappa shape index (κ1) is 15.6. The van der Waals surface area contributed by atoms with Crippen molar-refractivity contribution in [1.29, 1.82) is 0 Å². The predicted molar refractivity (Wildman–Crippen MR) is 71.5 cm³/mol. The normalized spacial score (nSPS) is 13.3. The van der Waals surface area contributed by atoms with E-state index in [2.05, 4.69) is 6.58 Å². The highest BCUT2D eigenvalue weighted by molar-refractivity contribution is 7.95. The van der Waals surface area contributed by atoms with Crippen LogP contribution < -0.4 is 0 Å². The van der Waals surface area contributed by atoms with Crippen molar-refractivity contribution in [2.24, 2.45) is 0 Å². The first-order valence-corrected chi connectivity index (χ1v) is 7.88. The summed E-state index contributed by atoms with van der Waals surface area (Å²) in [4.78, 5) is -0.948. The van der Waals surface area contributed by atoms with Crippen molar-refractivity contribution in [2.75, 3.05) is 0 Å². The Balaban J connectivity index is 3.79. The molecule has 0 fully saturated rings. The predicted octanol–water partition coefficient (Wildman–Crippen LogP) is 1.82. The Labute approximate surface area is 111 Å². The van der Waals surface area contributed by atoms with Crippen molar-refractivity contribution >= 4 is 31.2 Å². The molecular weight excluding hydrogens is 292 g/mol. The monoisotopic (exact) mass is 304 g/mol. The summed E-state index contributed by atoms with van der Waals surface area (Å²) in [7, 11) is -9.06. The van der Waals surface area contributed by atoms with E-state index in [1.54, 1.807) is 0 Å². The minimum atomic E-state index is -4.53.